The fourth-order valence-corrected chi connectivity index (χ4v) is 3.32. The lowest BCUT2D eigenvalue weighted by molar-refractivity contribution is -0.386. The van der Waals surface area contributed by atoms with Crippen LogP contribution >= 0.6 is 36.4 Å². The van der Waals surface area contributed by atoms with Crippen LogP contribution in [0.2, 0.25) is 5.02 Å². The molecule has 3 rings (SSSR count). The molecule has 1 aliphatic rings. The van der Waals surface area contributed by atoms with Gasteiger partial charge in [0.25, 0.3) is 0 Å². The van der Waals surface area contributed by atoms with Gasteiger partial charge in [0.05, 0.1) is 4.92 Å². The number of halogens is 3. The predicted molar refractivity (Wildman–Crippen MR) is 120 cm³/mol. The van der Waals surface area contributed by atoms with Crippen LogP contribution in [0.4, 0.5) is 11.4 Å². The topological polar surface area (TPSA) is 107 Å². The number of hydrogen-bond acceptors (Lipinski definition) is 7. The zero-order valence-electron chi connectivity index (χ0n) is 15.9. The zero-order valence-corrected chi connectivity index (χ0v) is 18.3. The van der Waals surface area contributed by atoms with Crippen molar-refractivity contribution in [2.75, 3.05) is 37.6 Å². The number of carbonyl (C=O) groups is 1. The smallest absolute Gasteiger partial charge is 0.315 e. The Morgan fingerprint density at radius 2 is 1.67 bits per heavy atom. The number of hydrogen-bond donors (Lipinski definition) is 2. The van der Waals surface area contributed by atoms with Crippen LogP contribution in [0.15, 0.2) is 36.4 Å². The summed E-state index contributed by atoms with van der Waals surface area (Å²) in [6.07, 6.45) is 0.169. The largest absolute Gasteiger partial charge is 0.504 e. The van der Waals surface area contributed by atoms with Gasteiger partial charge in [-0.05, 0) is 30.3 Å². The lowest BCUT2D eigenvalue weighted by Crippen LogP contribution is -2.46. The molecule has 2 N–H and O–H groups in total. The van der Waals surface area contributed by atoms with Crippen molar-refractivity contribution in [1.82, 2.24) is 4.90 Å². The van der Waals surface area contributed by atoms with E-state index in [4.69, 9.17) is 11.6 Å². The minimum absolute atomic E-state index is 0. The van der Waals surface area contributed by atoms with Crippen LogP contribution < -0.4 is 4.90 Å². The number of nitro groups is 1. The highest BCUT2D eigenvalue weighted by molar-refractivity contribution is 6.30. The number of phenols is 2. The third-order valence-electron chi connectivity index (χ3n) is 4.81. The fraction of sp³-hybridized carbons (Fsp3) is 0.316. The molecular weight excluding hydrogens is 457 g/mol. The van der Waals surface area contributed by atoms with Crippen LogP contribution in [0.3, 0.4) is 0 Å². The van der Waals surface area contributed by atoms with Gasteiger partial charge in [0, 0.05) is 61.5 Å². The predicted octanol–water partition coefficient (Wildman–Crippen LogP) is 3.90. The van der Waals surface area contributed by atoms with Gasteiger partial charge in [-0.2, -0.15) is 0 Å². The second-order valence-corrected chi connectivity index (χ2v) is 7.03. The molecule has 1 heterocycles. The molecular formula is C19H22Cl3N3O5. The molecule has 0 aromatic heterocycles. The van der Waals surface area contributed by atoms with Crippen LogP contribution in [-0.2, 0) is 0 Å². The number of piperazine rings is 1. The highest BCUT2D eigenvalue weighted by atomic mass is 35.5. The molecule has 0 atom stereocenters. The minimum Gasteiger partial charge on any atom is -0.504 e. The van der Waals surface area contributed by atoms with E-state index in [1.54, 1.807) is 0 Å². The van der Waals surface area contributed by atoms with Gasteiger partial charge in [-0.25, -0.2) is 0 Å². The van der Waals surface area contributed by atoms with E-state index < -0.39 is 22.1 Å². The number of nitro benzene ring substituents is 1. The van der Waals surface area contributed by atoms with Gasteiger partial charge in [-0.15, -0.1) is 24.8 Å². The Kier molecular flexibility index (Phi) is 9.64. The molecule has 0 amide bonds. The molecule has 2 aromatic carbocycles. The van der Waals surface area contributed by atoms with Crippen molar-refractivity contribution in [2.45, 2.75) is 6.42 Å². The Labute approximate surface area is 191 Å². The fourth-order valence-electron chi connectivity index (χ4n) is 3.19. The summed E-state index contributed by atoms with van der Waals surface area (Å²) in [6.45, 7) is 3.74. The first kappa shape index (κ1) is 25.8. The standard InChI is InChI=1S/C19H20ClN3O5.2ClH/c20-14-1-3-15(4-2-14)22-9-7-21(8-10-22)6-5-17(24)13-11-16(23(27)28)19(26)18(25)12-13;;/h1-4,11-12,25-26H,5-10H2;2*1H. The number of phenolic OH excluding ortho intramolecular Hbond substituents is 2. The van der Waals surface area contributed by atoms with E-state index in [9.17, 15) is 25.1 Å². The van der Waals surface area contributed by atoms with Gasteiger partial charge in [-0.3, -0.25) is 19.8 Å². The Morgan fingerprint density at radius 1 is 1.07 bits per heavy atom. The van der Waals surface area contributed by atoms with Gasteiger partial charge in [0.1, 0.15) is 0 Å². The summed E-state index contributed by atoms with van der Waals surface area (Å²) in [7, 11) is 0. The molecule has 2 aromatic rings. The monoisotopic (exact) mass is 477 g/mol. The van der Waals surface area contributed by atoms with Gasteiger partial charge >= 0.3 is 5.69 Å². The number of rotatable bonds is 6. The SMILES string of the molecule is Cl.Cl.O=C(CCN1CCN(c2ccc(Cl)cc2)CC1)c1cc(O)c(O)c([N+](=O)[O-])c1. The molecule has 0 radical (unpaired) electrons. The Hall–Kier alpha value is -2.26. The number of aromatic hydroxyl groups is 2. The molecule has 1 fully saturated rings. The van der Waals surface area contributed by atoms with Gasteiger partial charge < -0.3 is 15.1 Å². The number of nitrogens with zero attached hydrogens (tertiary/aromatic N) is 3. The molecule has 0 spiro atoms. The second-order valence-electron chi connectivity index (χ2n) is 6.60. The molecule has 0 aliphatic carbocycles. The van der Waals surface area contributed by atoms with Crippen molar-refractivity contribution in [3.8, 4) is 11.5 Å². The van der Waals surface area contributed by atoms with Crippen molar-refractivity contribution in [1.29, 1.82) is 0 Å². The Bertz CT molecular complexity index is 888. The lowest BCUT2D eigenvalue weighted by Gasteiger charge is -2.36. The Balaban J connectivity index is 0.00000225. The average molecular weight is 479 g/mol. The van der Waals surface area contributed by atoms with Crippen molar-refractivity contribution >= 4 is 53.6 Å². The molecule has 11 heteroatoms. The summed E-state index contributed by atoms with van der Waals surface area (Å²) >= 11 is 5.92. The second kappa shape index (κ2) is 11.2. The first-order chi connectivity index (χ1) is 13.3. The average Bonchev–Trinajstić information content (AvgIpc) is 2.69. The molecule has 1 saturated heterocycles. The quantitative estimate of drug-likeness (QED) is 0.281. The van der Waals surface area contributed by atoms with Crippen LogP contribution in [0, 0.1) is 10.1 Å². The van der Waals surface area contributed by atoms with Gasteiger partial charge in [0.15, 0.2) is 11.5 Å². The van der Waals surface area contributed by atoms with Gasteiger partial charge in [0.2, 0.25) is 5.75 Å². The van der Waals surface area contributed by atoms with Crippen molar-refractivity contribution in [3.63, 3.8) is 0 Å². The molecule has 0 saturated carbocycles. The van der Waals surface area contributed by atoms with E-state index in [0.29, 0.717) is 11.6 Å². The van der Waals surface area contributed by atoms with Crippen molar-refractivity contribution < 1.29 is 19.9 Å². The number of anilines is 1. The third kappa shape index (κ3) is 6.12. The minimum atomic E-state index is -0.833. The molecule has 0 bridgehead atoms. The summed E-state index contributed by atoms with van der Waals surface area (Å²) in [5, 5.41) is 30.8. The maximum Gasteiger partial charge on any atom is 0.315 e. The van der Waals surface area contributed by atoms with E-state index in [2.05, 4.69) is 9.80 Å². The molecule has 164 valence electrons. The van der Waals surface area contributed by atoms with Crippen LogP contribution in [-0.4, -0.2) is 58.5 Å². The molecule has 1 aliphatic heterocycles. The molecule has 8 nitrogen and oxygen atoms in total. The third-order valence-corrected chi connectivity index (χ3v) is 5.06. The molecule has 30 heavy (non-hydrogen) atoms. The molecule has 0 unspecified atom stereocenters. The number of carbonyl (C=O) groups excluding carboxylic acids is 1. The number of ketones is 1. The lowest BCUT2D eigenvalue weighted by atomic mass is 10.1. The summed E-state index contributed by atoms with van der Waals surface area (Å²) in [6, 6.07) is 9.72. The maximum atomic E-state index is 12.4. The highest BCUT2D eigenvalue weighted by Crippen LogP contribution is 2.36. The zero-order chi connectivity index (χ0) is 20.3. The number of Topliss-reactive ketones (excluding diaryl/α,β-unsaturated/α-hetero) is 1. The normalized spacial score (nSPS) is 13.8. The summed E-state index contributed by atoms with van der Waals surface area (Å²) in [5.41, 5.74) is 0.439. The Morgan fingerprint density at radius 3 is 2.23 bits per heavy atom. The van der Waals surface area contributed by atoms with E-state index >= 15 is 0 Å². The van der Waals surface area contributed by atoms with Crippen LogP contribution in [0.25, 0.3) is 0 Å². The first-order valence-electron chi connectivity index (χ1n) is 8.81. The van der Waals surface area contributed by atoms with Crippen LogP contribution in [0.1, 0.15) is 16.8 Å². The maximum absolute atomic E-state index is 12.4. The summed E-state index contributed by atoms with van der Waals surface area (Å²) in [4.78, 5) is 26.9. The number of benzene rings is 2. The first-order valence-corrected chi connectivity index (χ1v) is 9.19. The van der Waals surface area contributed by atoms with Crippen LogP contribution in [0.5, 0.6) is 11.5 Å². The summed E-state index contributed by atoms with van der Waals surface area (Å²) in [5.74, 6) is -1.83. The van der Waals surface area contributed by atoms with Crippen molar-refractivity contribution in [3.05, 3.63) is 57.1 Å². The van der Waals surface area contributed by atoms with E-state index in [-0.39, 0.29) is 42.6 Å². The summed E-state index contributed by atoms with van der Waals surface area (Å²) < 4.78 is 0. The van der Waals surface area contributed by atoms with Gasteiger partial charge in [-0.1, -0.05) is 11.6 Å². The van der Waals surface area contributed by atoms with E-state index in [0.717, 1.165) is 44.0 Å². The van der Waals surface area contributed by atoms with E-state index in [1.807, 2.05) is 24.3 Å². The highest BCUT2D eigenvalue weighted by Gasteiger charge is 2.23. The van der Waals surface area contributed by atoms with E-state index in [1.165, 1.54) is 0 Å². The van der Waals surface area contributed by atoms with Crippen molar-refractivity contribution in [2.24, 2.45) is 0 Å².